The third kappa shape index (κ3) is 5.82. The van der Waals surface area contributed by atoms with E-state index in [2.05, 4.69) is 13.8 Å². The van der Waals surface area contributed by atoms with Crippen LogP contribution >= 0.6 is 0 Å². The highest BCUT2D eigenvalue weighted by molar-refractivity contribution is 5.79. The molecular formula is C30H33N3O4. The van der Waals surface area contributed by atoms with Crippen molar-refractivity contribution in [3.8, 4) is 17.2 Å². The monoisotopic (exact) mass is 499 g/mol. The van der Waals surface area contributed by atoms with Gasteiger partial charge in [-0.25, -0.2) is 4.98 Å². The van der Waals surface area contributed by atoms with Gasteiger partial charge in [0.1, 0.15) is 17.3 Å². The molecule has 0 radical (unpaired) electrons. The molecule has 4 rings (SSSR count). The summed E-state index contributed by atoms with van der Waals surface area (Å²) in [4.78, 5) is 34.0. The Kier molecular flexibility index (Phi) is 8.23. The van der Waals surface area contributed by atoms with Crippen LogP contribution in [0.25, 0.3) is 16.6 Å². The number of fused-ring (bicyclic) bond motifs is 1. The van der Waals surface area contributed by atoms with Crippen molar-refractivity contribution in [2.75, 3.05) is 20.3 Å². The molecule has 192 valence electrons. The fourth-order valence-electron chi connectivity index (χ4n) is 4.29. The van der Waals surface area contributed by atoms with Gasteiger partial charge in [0.05, 0.1) is 29.7 Å². The van der Waals surface area contributed by atoms with Gasteiger partial charge in [-0.3, -0.25) is 14.2 Å². The summed E-state index contributed by atoms with van der Waals surface area (Å²) in [6.07, 6.45) is 0.799. The van der Waals surface area contributed by atoms with Crippen molar-refractivity contribution in [1.82, 2.24) is 14.5 Å². The molecule has 4 aromatic rings. The summed E-state index contributed by atoms with van der Waals surface area (Å²) < 4.78 is 12.9. The lowest BCUT2D eigenvalue weighted by Crippen LogP contribution is -2.40. The lowest BCUT2D eigenvalue weighted by atomic mass is 10.1. The van der Waals surface area contributed by atoms with Gasteiger partial charge in [0.15, 0.2) is 6.61 Å². The highest BCUT2D eigenvalue weighted by Gasteiger charge is 2.28. The molecule has 37 heavy (non-hydrogen) atoms. The Hall–Kier alpha value is -4.13. The number of hydrogen-bond acceptors (Lipinski definition) is 5. The zero-order chi connectivity index (χ0) is 26.4. The number of carbonyl (C=O) groups is 1. The fourth-order valence-corrected chi connectivity index (χ4v) is 4.29. The zero-order valence-electron chi connectivity index (χ0n) is 21.8. The minimum absolute atomic E-state index is 0.112. The van der Waals surface area contributed by atoms with Crippen molar-refractivity contribution in [2.45, 2.75) is 33.2 Å². The smallest absolute Gasteiger partial charge is 0.266 e. The molecule has 0 spiro atoms. The van der Waals surface area contributed by atoms with Crippen LogP contribution in [0.15, 0.2) is 83.7 Å². The number of carbonyl (C=O) groups excluding carboxylic acids is 1. The standard InChI is InChI=1S/C30H33N3O4/c1-21(2)18-19-32(28(34)20-37-23-12-6-5-7-13-23)22(3)29-31-25-15-9-8-14-24(25)30(35)33(29)26-16-10-11-17-27(26)36-4/h5-17,21-22H,18-20H2,1-4H3. The van der Waals surface area contributed by atoms with Gasteiger partial charge in [-0.05, 0) is 55.7 Å². The van der Waals surface area contributed by atoms with E-state index >= 15 is 0 Å². The number of rotatable bonds is 10. The van der Waals surface area contributed by atoms with Crippen LogP contribution in [0.1, 0.15) is 39.1 Å². The van der Waals surface area contributed by atoms with E-state index in [0.29, 0.717) is 46.4 Å². The summed E-state index contributed by atoms with van der Waals surface area (Å²) in [5, 5.41) is 0.497. The molecule has 0 saturated carbocycles. The van der Waals surface area contributed by atoms with Crippen LogP contribution in [-0.2, 0) is 4.79 Å². The second kappa shape index (κ2) is 11.7. The van der Waals surface area contributed by atoms with Crippen LogP contribution < -0.4 is 15.0 Å². The first-order chi connectivity index (χ1) is 17.9. The first-order valence-corrected chi connectivity index (χ1v) is 12.5. The van der Waals surface area contributed by atoms with Crippen molar-refractivity contribution < 1.29 is 14.3 Å². The number of para-hydroxylation sites is 4. The predicted molar refractivity (Wildman–Crippen MR) is 145 cm³/mol. The maximum atomic E-state index is 13.8. The molecule has 1 atom stereocenters. The van der Waals surface area contributed by atoms with Gasteiger partial charge in [0, 0.05) is 6.54 Å². The van der Waals surface area contributed by atoms with Gasteiger partial charge >= 0.3 is 0 Å². The molecule has 0 fully saturated rings. The van der Waals surface area contributed by atoms with E-state index in [-0.39, 0.29) is 18.1 Å². The predicted octanol–water partition coefficient (Wildman–Crippen LogP) is 5.41. The van der Waals surface area contributed by atoms with E-state index < -0.39 is 6.04 Å². The van der Waals surface area contributed by atoms with Crippen molar-refractivity contribution in [2.24, 2.45) is 5.92 Å². The maximum Gasteiger partial charge on any atom is 0.266 e. The Balaban J connectivity index is 1.80. The summed E-state index contributed by atoms with van der Waals surface area (Å²) >= 11 is 0. The van der Waals surface area contributed by atoms with E-state index in [9.17, 15) is 9.59 Å². The normalized spacial score (nSPS) is 11.9. The Labute approximate surface area is 217 Å². The van der Waals surface area contributed by atoms with Crippen LogP contribution in [0.5, 0.6) is 11.5 Å². The Morgan fingerprint density at radius 1 is 0.946 bits per heavy atom. The molecule has 0 aliphatic rings. The van der Waals surface area contributed by atoms with E-state index in [1.807, 2.05) is 73.7 Å². The van der Waals surface area contributed by atoms with Gasteiger partial charge < -0.3 is 14.4 Å². The molecule has 1 amide bonds. The zero-order valence-corrected chi connectivity index (χ0v) is 21.8. The quantitative estimate of drug-likeness (QED) is 0.292. The number of benzene rings is 3. The summed E-state index contributed by atoms with van der Waals surface area (Å²) in [5.41, 5.74) is 0.943. The van der Waals surface area contributed by atoms with Crippen molar-refractivity contribution in [3.05, 3.63) is 95.0 Å². The Morgan fingerprint density at radius 3 is 2.35 bits per heavy atom. The average molecular weight is 500 g/mol. The minimum atomic E-state index is -0.507. The molecule has 7 heteroatoms. The van der Waals surface area contributed by atoms with E-state index in [1.54, 1.807) is 28.7 Å². The van der Waals surface area contributed by atoms with Crippen LogP contribution in [0.3, 0.4) is 0 Å². The molecule has 3 aromatic carbocycles. The lowest BCUT2D eigenvalue weighted by Gasteiger charge is -2.31. The molecule has 0 aliphatic carbocycles. The lowest BCUT2D eigenvalue weighted by molar-refractivity contribution is -0.136. The third-order valence-electron chi connectivity index (χ3n) is 6.34. The van der Waals surface area contributed by atoms with Crippen molar-refractivity contribution in [3.63, 3.8) is 0 Å². The largest absolute Gasteiger partial charge is 0.495 e. The number of aromatic nitrogens is 2. The highest BCUT2D eigenvalue weighted by atomic mass is 16.5. The molecule has 0 aliphatic heterocycles. The molecule has 1 heterocycles. The highest BCUT2D eigenvalue weighted by Crippen LogP contribution is 2.28. The first-order valence-electron chi connectivity index (χ1n) is 12.5. The van der Waals surface area contributed by atoms with Crippen molar-refractivity contribution in [1.29, 1.82) is 0 Å². The molecule has 0 N–H and O–H groups in total. The molecule has 7 nitrogen and oxygen atoms in total. The first kappa shape index (κ1) is 25.9. The summed E-state index contributed by atoms with van der Waals surface area (Å²) in [7, 11) is 1.57. The van der Waals surface area contributed by atoms with Gasteiger partial charge in [0.25, 0.3) is 11.5 Å². The fraction of sp³-hybridized carbons (Fsp3) is 0.300. The van der Waals surface area contributed by atoms with Gasteiger partial charge in [-0.1, -0.05) is 56.3 Å². The summed E-state index contributed by atoms with van der Waals surface area (Å²) in [6, 6.07) is 23.3. The second-order valence-corrected chi connectivity index (χ2v) is 9.35. The SMILES string of the molecule is COc1ccccc1-n1c(C(C)N(CCC(C)C)C(=O)COc2ccccc2)nc2ccccc2c1=O. The molecular weight excluding hydrogens is 466 g/mol. The number of ether oxygens (including phenoxy) is 2. The Morgan fingerprint density at radius 2 is 1.62 bits per heavy atom. The molecule has 0 bridgehead atoms. The van der Waals surface area contributed by atoms with Gasteiger partial charge in [-0.15, -0.1) is 0 Å². The number of nitrogens with zero attached hydrogens (tertiary/aromatic N) is 3. The topological polar surface area (TPSA) is 73.7 Å². The van der Waals surface area contributed by atoms with Crippen LogP contribution in [0.2, 0.25) is 0 Å². The van der Waals surface area contributed by atoms with E-state index in [4.69, 9.17) is 14.5 Å². The molecule has 1 aromatic heterocycles. The summed E-state index contributed by atoms with van der Waals surface area (Å²) in [5.74, 6) is 1.85. The van der Waals surface area contributed by atoms with E-state index in [1.165, 1.54) is 0 Å². The van der Waals surface area contributed by atoms with Crippen LogP contribution in [0.4, 0.5) is 0 Å². The van der Waals surface area contributed by atoms with Crippen LogP contribution in [0, 0.1) is 5.92 Å². The molecule has 1 unspecified atom stereocenters. The van der Waals surface area contributed by atoms with E-state index in [0.717, 1.165) is 6.42 Å². The van der Waals surface area contributed by atoms with Gasteiger partial charge in [-0.2, -0.15) is 0 Å². The Bertz CT molecular complexity index is 1420. The second-order valence-electron chi connectivity index (χ2n) is 9.35. The number of hydrogen-bond donors (Lipinski definition) is 0. The number of amides is 1. The third-order valence-corrected chi connectivity index (χ3v) is 6.34. The summed E-state index contributed by atoms with van der Waals surface area (Å²) in [6.45, 7) is 6.53. The minimum Gasteiger partial charge on any atom is -0.495 e. The van der Waals surface area contributed by atoms with Crippen molar-refractivity contribution >= 4 is 16.8 Å². The van der Waals surface area contributed by atoms with Gasteiger partial charge in [0.2, 0.25) is 0 Å². The van der Waals surface area contributed by atoms with Crippen LogP contribution in [-0.4, -0.2) is 40.6 Å². The number of methoxy groups -OCH3 is 1. The maximum absolute atomic E-state index is 13.8. The molecule has 0 saturated heterocycles. The average Bonchev–Trinajstić information content (AvgIpc) is 2.92.